The van der Waals surface area contributed by atoms with Crippen LogP contribution in [0.4, 0.5) is 14.5 Å². The Balaban J connectivity index is 0.00000320. The quantitative estimate of drug-likeness (QED) is 0.356. The monoisotopic (exact) mass is 537 g/mol. The average Bonchev–Trinajstić information content (AvgIpc) is 2.73. The number of nitrogens with one attached hydrogen (secondary N) is 1. The highest BCUT2D eigenvalue weighted by molar-refractivity contribution is 14.0. The van der Waals surface area contributed by atoms with E-state index in [0.29, 0.717) is 38.4 Å². The molecule has 0 amide bonds. The average molecular weight is 537 g/mol. The Morgan fingerprint density at radius 2 is 1.83 bits per heavy atom. The first-order valence-corrected chi connectivity index (χ1v) is 10.4. The molecule has 0 atom stereocenters. The second kappa shape index (κ2) is 11.4. The van der Waals surface area contributed by atoms with E-state index in [1.807, 2.05) is 4.90 Å². The summed E-state index contributed by atoms with van der Waals surface area (Å²) in [5, 5.41) is 3.40. The van der Waals surface area contributed by atoms with E-state index in [2.05, 4.69) is 36.1 Å². The number of rotatable bonds is 5. The van der Waals surface area contributed by atoms with Crippen molar-refractivity contribution in [3.63, 3.8) is 0 Å². The Kier molecular flexibility index (Phi) is 9.55. The number of benzene rings is 1. The van der Waals surface area contributed by atoms with Gasteiger partial charge in [0.1, 0.15) is 11.6 Å². The zero-order valence-electron chi connectivity index (χ0n) is 18.2. The Hall–Kier alpha value is -1.20. The molecule has 0 aliphatic carbocycles. The molecule has 2 fully saturated rings. The van der Waals surface area contributed by atoms with Crippen molar-refractivity contribution in [1.82, 2.24) is 15.1 Å². The van der Waals surface area contributed by atoms with Crippen LogP contribution >= 0.6 is 24.0 Å². The predicted molar refractivity (Wildman–Crippen MR) is 128 cm³/mol. The summed E-state index contributed by atoms with van der Waals surface area (Å²) in [6.07, 6.45) is 1.94. The molecule has 30 heavy (non-hydrogen) atoms. The minimum Gasteiger partial charge on any atom is -0.381 e. The Bertz CT molecular complexity index is 705. The van der Waals surface area contributed by atoms with Crippen LogP contribution in [0.2, 0.25) is 0 Å². The summed E-state index contributed by atoms with van der Waals surface area (Å²) in [5.74, 6) is 0.0941. The standard InChI is InChI=1S/C21H33F2N5O.HI/c1-4-24-20(25-16-21(26(2)3)7-13-29-14-8-21)28-11-9-27(10-12-28)19-15-17(22)5-6-18(19)23;/h5-6,15H,4,7-14,16H2,1-3H3,(H,24,25);1H. The van der Waals surface area contributed by atoms with E-state index >= 15 is 0 Å². The highest BCUT2D eigenvalue weighted by Crippen LogP contribution is 2.26. The molecule has 0 spiro atoms. The van der Waals surface area contributed by atoms with Gasteiger partial charge in [-0.3, -0.25) is 4.99 Å². The van der Waals surface area contributed by atoms with Gasteiger partial charge < -0.3 is 24.8 Å². The van der Waals surface area contributed by atoms with Crippen molar-refractivity contribution >= 4 is 35.6 Å². The molecule has 2 saturated heterocycles. The van der Waals surface area contributed by atoms with Crippen molar-refractivity contribution in [2.45, 2.75) is 25.3 Å². The first-order valence-electron chi connectivity index (χ1n) is 10.4. The molecule has 6 nitrogen and oxygen atoms in total. The molecule has 0 radical (unpaired) electrons. The van der Waals surface area contributed by atoms with Gasteiger partial charge in [-0.05, 0) is 46.0 Å². The fraction of sp³-hybridized carbons (Fsp3) is 0.667. The van der Waals surface area contributed by atoms with Crippen LogP contribution in [-0.4, -0.2) is 87.9 Å². The van der Waals surface area contributed by atoms with Gasteiger partial charge in [0.05, 0.1) is 12.2 Å². The van der Waals surface area contributed by atoms with Crippen LogP contribution < -0.4 is 10.2 Å². The lowest BCUT2D eigenvalue weighted by Gasteiger charge is -2.42. The summed E-state index contributed by atoms with van der Waals surface area (Å²) in [4.78, 5) is 11.3. The number of piperazine rings is 1. The van der Waals surface area contributed by atoms with Gasteiger partial charge in [0.2, 0.25) is 0 Å². The normalized spacial score (nSPS) is 19.6. The van der Waals surface area contributed by atoms with Crippen LogP contribution in [0, 0.1) is 11.6 Å². The van der Waals surface area contributed by atoms with E-state index < -0.39 is 5.82 Å². The molecular weight excluding hydrogens is 503 g/mol. The Morgan fingerprint density at radius 3 is 2.43 bits per heavy atom. The second-order valence-electron chi connectivity index (χ2n) is 7.97. The molecule has 1 aromatic carbocycles. The van der Waals surface area contributed by atoms with Gasteiger partial charge >= 0.3 is 0 Å². The molecule has 0 aromatic heterocycles. The molecule has 1 aromatic rings. The zero-order valence-corrected chi connectivity index (χ0v) is 20.5. The SMILES string of the molecule is CCNC(=NCC1(N(C)C)CCOCC1)N1CCN(c2cc(F)ccc2F)CC1.I. The number of ether oxygens (including phenoxy) is 1. The van der Waals surface area contributed by atoms with E-state index in [1.54, 1.807) is 0 Å². The molecule has 1 N–H and O–H groups in total. The molecule has 2 heterocycles. The van der Waals surface area contributed by atoms with Gasteiger partial charge in [0.15, 0.2) is 5.96 Å². The van der Waals surface area contributed by atoms with Gasteiger partial charge in [-0.1, -0.05) is 0 Å². The lowest BCUT2D eigenvalue weighted by molar-refractivity contribution is -0.00264. The Labute approximate surface area is 195 Å². The highest BCUT2D eigenvalue weighted by Gasteiger charge is 2.35. The van der Waals surface area contributed by atoms with Crippen molar-refractivity contribution in [3.8, 4) is 0 Å². The molecule has 2 aliphatic rings. The summed E-state index contributed by atoms with van der Waals surface area (Å²) in [6.45, 7) is 7.75. The molecule has 9 heteroatoms. The van der Waals surface area contributed by atoms with Crippen LogP contribution in [0.25, 0.3) is 0 Å². The van der Waals surface area contributed by atoms with Crippen molar-refractivity contribution in [2.24, 2.45) is 4.99 Å². The zero-order chi connectivity index (χ0) is 20.9. The van der Waals surface area contributed by atoms with Gasteiger partial charge in [0.25, 0.3) is 0 Å². The van der Waals surface area contributed by atoms with Crippen molar-refractivity contribution in [3.05, 3.63) is 29.8 Å². The van der Waals surface area contributed by atoms with Crippen LogP contribution in [0.3, 0.4) is 0 Å². The first-order chi connectivity index (χ1) is 13.9. The van der Waals surface area contributed by atoms with Gasteiger partial charge in [-0.2, -0.15) is 0 Å². The molecule has 3 rings (SSSR count). The summed E-state index contributed by atoms with van der Waals surface area (Å²) < 4.78 is 33.2. The number of halogens is 3. The second-order valence-corrected chi connectivity index (χ2v) is 7.97. The maximum absolute atomic E-state index is 14.1. The molecule has 0 bridgehead atoms. The molecular formula is C21H34F2IN5O. The van der Waals surface area contributed by atoms with Crippen LogP contribution in [0.5, 0.6) is 0 Å². The molecule has 2 aliphatic heterocycles. The van der Waals surface area contributed by atoms with E-state index in [1.165, 1.54) is 12.1 Å². The summed E-state index contributed by atoms with van der Waals surface area (Å²) >= 11 is 0. The summed E-state index contributed by atoms with van der Waals surface area (Å²) in [6, 6.07) is 3.62. The largest absolute Gasteiger partial charge is 0.381 e. The third-order valence-electron chi connectivity index (χ3n) is 6.06. The van der Waals surface area contributed by atoms with Crippen LogP contribution in [-0.2, 0) is 4.74 Å². The van der Waals surface area contributed by atoms with E-state index in [9.17, 15) is 8.78 Å². The predicted octanol–water partition coefficient (Wildman–Crippen LogP) is 2.78. The van der Waals surface area contributed by atoms with E-state index in [0.717, 1.165) is 44.6 Å². The fourth-order valence-corrected chi connectivity index (χ4v) is 4.03. The third kappa shape index (κ3) is 5.94. The van der Waals surface area contributed by atoms with Gasteiger partial charge in [-0.25, -0.2) is 8.78 Å². The molecule has 170 valence electrons. The minimum atomic E-state index is -0.413. The fourth-order valence-electron chi connectivity index (χ4n) is 4.03. The topological polar surface area (TPSA) is 43.3 Å². The van der Waals surface area contributed by atoms with Crippen molar-refractivity contribution in [2.75, 3.05) is 71.5 Å². The van der Waals surface area contributed by atoms with Crippen LogP contribution in [0.15, 0.2) is 23.2 Å². The summed E-state index contributed by atoms with van der Waals surface area (Å²) in [5.41, 5.74) is 0.353. The lowest BCUT2D eigenvalue weighted by Crippen LogP contribution is -2.54. The number of hydrogen-bond acceptors (Lipinski definition) is 4. The van der Waals surface area contributed by atoms with E-state index in [-0.39, 0.29) is 35.3 Å². The molecule has 0 unspecified atom stereocenters. The highest BCUT2D eigenvalue weighted by atomic mass is 127. The Morgan fingerprint density at radius 1 is 1.17 bits per heavy atom. The number of hydrogen-bond donors (Lipinski definition) is 1. The lowest BCUT2D eigenvalue weighted by atomic mass is 9.89. The maximum Gasteiger partial charge on any atom is 0.194 e. The van der Waals surface area contributed by atoms with Gasteiger partial charge in [-0.15, -0.1) is 24.0 Å². The maximum atomic E-state index is 14.1. The number of guanidine groups is 1. The number of likely N-dealkylation sites (N-methyl/N-ethyl adjacent to an activating group) is 1. The van der Waals surface area contributed by atoms with Gasteiger partial charge in [0, 0.05) is 57.5 Å². The third-order valence-corrected chi connectivity index (χ3v) is 6.06. The number of anilines is 1. The van der Waals surface area contributed by atoms with Crippen molar-refractivity contribution in [1.29, 1.82) is 0 Å². The molecule has 0 saturated carbocycles. The van der Waals surface area contributed by atoms with Crippen LogP contribution in [0.1, 0.15) is 19.8 Å². The number of aliphatic imine (C=N–C) groups is 1. The minimum absolute atomic E-state index is 0. The van der Waals surface area contributed by atoms with E-state index in [4.69, 9.17) is 9.73 Å². The summed E-state index contributed by atoms with van der Waals surface area (Å²) in [7, 11) is 4.22. The smallest absolute Gasteiger partial charge is 0.194 e. The van der Waals surface area contributed by atoms with Crippen molar-refractivity contribution < 1.29 is 13.5 Å². The first kappa shape index (κ1) is 25.1. The number of nitrogens with zero attached hydrogens (tertiary/aromatic N) is 4.